The zero-order valence-corrected chi connectivity index (χ0v) is 19.8. The molecule has 0 saturated carbocycles. The summed E-state index contributed by atoms with van der Waals surface area (Å²) < 4.78 is 17.1. The lowest BCUT2D eigenvalue weighted by Crippen LogP contribution is -2.17. The van der Waals surface area contributed by atoms with E-state index < -0.39 is 0 Å². The lowest BCUT2D eigenvalue weighted by molar-refractivity contribution is -0.129. The average molecular weight is 479 g/mol. The maximum Gasteiger partial charge on any atom is 0.243 e. The van der Waals surface area contributed by atoms with Gasteiger partial charge in [-0.3, -0.25) is 10.0 Å². The fourth-order valence-corrected chi connectivity index (χ4v) is 3.43. The van der Waals surface area contributed by atoms with Gasteiger partial charge >= 0.3 is 0 Å². The molecule has 0 fully saturated rings. The fraction of sp³-hybridized carbons (Fsp3) is 0.346. The Hall–Kier alpha value is -3.87. The predicted molar refractivity (Wildman–Crippen MR) is 133 cm³/mol. The first-order valence-corrected chi connectivity index (χ1v) is 11.4. The summed E-state index contributed by atoms with van der Waals surface area (Å²) in [5, 5.41) is 12.6. The van der Waals surface area contributed by atoms with Crippen molar-refractivity contribution < 1.29 is 24.2 Å². The van der Waals surface area contributed by atoms with Gasteiger partial charge in [-0.05, 0) is 37.1 Å². The predicted octanol–water partition coefficient (Wildman–Crippen LogP) is 4.21. The number of unbranched alkanes of at least 4 members (excludes halogenated alkanes) is 3. The Morgan fingerprint density at radius 3 is 2.63 bits per heavy atom. The second-order valence-electron chi connectivity index (χ2n) is 7.78. The molecule has 0 aliphatic rings. The summed E-state index contributed by atoms with van der Waals surface area (Å²) in [5.41, 5.74) is 3.94. The van der Waals surface area contributed by atoms with Crippen LogP contribution in [0.25, 0.3) is 10.9 Å². The van der Waals surface area contributed by atoms with Gasteiger partial charge in [0.25, 0.3) is 0 Å². The minimum absolute atomic E-state index is 0.305. The Morgan fingerprint density at radius 2 is 1.83 bits per heavy atom. The van der Waals surface area contributed by atoms with E-state index in [0.29, 0.717) is 55.5 Å². The second kappa shape index (κ2) is 13.7. The number of hydrogen-bond donors (Lipinski definition) is 3. The zero-order chi connectivity index (χ0) is 24.9. The van der Waals surface area contributed by atoms with Crippen LogP contribution in [0, 0.1) is 12.3 Å². The van der Waals surface area contributed by atoms with Crippen molar-refractivity contribution in [2.24, 2.45) is 0 Å². The molecule has 0 spiro atoms. The molecular formula is C26H30N4O5. The summed E-state index contributed by atoms with van der Waals surface area (Å²) in [7, 11) is 1.62. The number of carbonyl (C=O) groups is 1. The molecule has 9 heteroatoms. The van der Waals surface area contributed by atoms with E-state index in [-0.39, 0.29) is 5.91 Å². The molecule has 0 radical (unpaired) electrons. The number of rotatable bonds is 14. The number of benzene rings is 2. The van der Waals surface area contributed by atoms with Crippen molar-refractivity contribution in [2.75, 3.05) is 32.2 Å². The second-order valence-corrected chi connectivity index (χ2v) is 7.78. The molecule has 0 saturated heterocycles. The number of nitrogens with zero attached hydrogens (tertiary/aromatic N) is 2. The molecule has 3 N–H and O–H groups in total. The number of hydroxylamine groups is 1. The number of fused-ring (bicyclic) bond motifs is 1. The maximum atomic E-state index is 11.1. The van der Waals surface area contributed by atoms with Gasteiger partial charge in [0.05, 0.1) is 18.7 Å². The van der Waals surface area contributed by atoms with Crippen molar-refractivity contribution in [3.05, 3.63) is 48.3 Å². The van der Waals surface area contributed by atoms with Crippen LogP contribution in [-0.4, -0.2) is 48.0 Å². The van der Waals surface area contributed by atoms with E-state index in [1.165, 1.54) is 6.33 Å². The van der Waals surface area contributed by atoms with Gasteiger partial charge in [0.1, 0.15) is 18.8 Å². The summed E-state index contributed by atoms with van der Waals surface area (Å²) >= 11 is 0. The molecule has 35 heavy (non-hydrogen) atoms. The number of carbonyl (C=O) groups excluding carboxylic acids is 1. The van der Waals surface area contributed by atoms with Crippen LogP contribution >= 0.6 is 0 Å². The van der Waals surface area contributed by atoms with E-state index >= 15 is 0 Å². The molecule has 1 heterocycles. The first kappa shape index (κ1) is 25.7. The first-order chi connectivity index (χ1) is 17.1. The first-order valence-electron chi connectivity index (χ1n) is 11.4. The van der Waals surface area contributed by atoms with Crippen molar-refractivity contribution in [3.8, 4) is 23.8 Å². The van der Waals surface area contributed by atoms with Gasteiger partial charge in [-0.1, -0.05) is 24.8 Å². The van der Waals surface area contributed by atoms with Crippen molar-refractivity contribution >= 4 is 28.3 Å². The van der Waals surface area contributed by atoms with Gasteiger partial charge in [-0.25, -0.2) is 15.4 Å². The van der Waals surface area contributed by atoms with Gasteiger partial charge in [0, 0.05) is 36.2 Å². The Kier molecular flexibility index (Phi) is 10.1. The topological polar surface area (TPSA) is 115 Å². The van der Waals surface area contributed by atoms with Crippen LogP contribution in [0.1, 0.15) is 37.7 Å². The summed E-state index contributed by atoms with van der Waals surface area (Å²) in [4.78, 5) is 19.9. The Balaban J connectivity index is 1.74. The normalized spacial score (nSPS) is 10.5. The summed E-state index contributed by atoms with van der Waals surface area (Å²) in [6, 6.07) is 11.2. The van der Waals surface area contributed by atoms with E-state index in [4.69, 9.17) is 25.8 Å². The van der Waals surface area contributed by atoms with E-state index in [1.807, 2.05) is 36.4 Å². The van der Waals surface area contributed by atoms with Gasteiger partial charge in [0.15, 0.2) is 11.5 Å². The van der Waals surface area contributed by atoms with E-state index in [0.717, 1.165) is 35.9 Å². The standard InChI is InChI=1S/C26H30N4O5/c1-3-19-9-8-10-20(15-19)29-26-21-16-23(34-12-7-5-4-6-11-25(31)30-32)24(35-14-13-33-2)17-22(21)27-18-28-26/h1,8-10,15-18,32H,4-7,11-14H2,2H3,(H,30,31)(H,27,28,29). The van der Waals surface area contributed by atoms with Crippen LogP contribution in [0.5, 0.6) is 11.5 Å². The third kappa shape index (κ3) is 7.84. The molecule has 0 atom stereocenters. The van der Waals surface area contributed by atoms with E-state index in [2.05, 4.69) is 21.2 Å². The van der Waals surface area contributed by atoms with Crippen molar-refractivity contribution in [1.82, 2.24) is 15.4 Å². The smallest absolute Gasteiger partial charge is 0.243 e. The SMILES string of the molecule is C#Cc1cccc(Nc2ncnc3cc(OCCOC)c(OCCCCCCC(=O)NO)cc23)c1. The molecule has 2 aromatic carbocycles. The number of ether oxygens (including phenoxy) is 3. The molecule has 9 nitrogen and oxygen atoms in total. The largest absolute Gasteiger partial charge is 0.490 e. The van der Waals surface area contributed by atoms with Crippen molar-refractivity contribution in [2.45, 2.75) is 32.1 Å². The molecule has 1 amide bonds. The Labute approximate surface area is 204 Å². The van der Waals surface area contributed by atoms with Gasteiger partial charge in [-0.2, -0.15) is 0 Å². The number of hydrogen-bond acceptors (Lipinski definition) is 8. The van der Waals surface area contributed by atoms with E-state index in [1.54, 1.807) is 12.6 Å². The number of methoxy groups -OCH3 is 1. The Bertz CT molecular complexity index is 1160. The molecule has 0 unspecified atom stereocenters. The quantitative estimate of drug-likeness (QED) is 0.137. The molecule has 3 rings (SSSR count). The summed E-state index contributed by atoms with van der Waals surface area (Å²) in [6.45, 7) is 1.31. The highest BCUT2D eigenvalue weighted by Crippen LogP contribution is 2.35. The maximum absolute atomic E-state index is 11.1. The number of terminal acetylenes is 1. The average Bonchev–Trinajstić information content (AvgIpc) is 2.88. The molecule has 184 valence electrons. The summed E-state index contributed by atoms with van der Waals surface area (Å²) in [6.07, 6.45) is 10.6. The molecule has 0 aliphatic heterocycles. The number of nitrogens with one attached hydrogen (secondary N) is 2. The van der Waals surface area contributed by atoms with Crippen LogP contribution in [0.4, 0.5) is 11.5 Å². The molecule has 0 bridgehead atoms. The molecule has 1 aromatic heterocycles. The van der Waals surface area contributed by atoms with Crippen molar-refractivity contribution in [1.29, 1.82) is 0 Å². The number of aromatic nitrogens is 2. The fourth-order valence-electron chi connectivity index (χ4n) is 3.43. The Morgan fingerprint density at radius 1 is 1.03 bits per heavy atom. The van der Waals surface area contributed by atoms with Crippen LogP contribution in [0.15, 0.2) is 42.7 Å². The van der Waals surface area contributed by atoms with Crippen LogP contribution < -0.4 is 20.3 Å². The lowest BCUT2D eigenvalue weighted by Gasteiger charge is -2.15. The molecule has 3 aromatic rings. The van der Waals surface area contributed by atoms with Crippen molar-refractivity contribution in [3.63, 3.8) is 0 Å². The van der Waals surface area contributed by atoms with Gasteiger partial charge < -0.3 is 19.5 Å². The number of amides is 1. The zero-order valence-electron chi connectivity index (χ0n) is 19.8. The van der Waals surface area contributed by atoms with Gasteiger partial charge in [-0.15, -0.1) is 6.42 Å². The molecular weight excluding hydrogens is 448 g/mol. The third-order valence-electron chi connectivity index (χ3n) is 5.22. The minimum Gasteiger partial charge on any atom is -0.490 e. The number of anilines is 2. The van der Waals surface area contributed by atoms with E-state index in [9.17, 15) is 4.79 Å². The van der Waals surface area contributed by atoms with Crippen LogP contribution in [-0.2, 0) is 9.53 Å². The highest BCUT2D eigenvalue weighted by Gasteiger charge is 2.13. The van der Waals surface area contributed by atoms with Gasteiger partial charge in [0.2, 0.25) is 5.91 Å². The third-order valence-corrected chi connectivity index (χ3v) is 5.22. The highest BCUT2D eigenvalue weighted by atomic mass is 16.5. The van der Waals surface area contributed by atoms with Crippen LogP contribution in [0.2, 0.25) is 0 Å². The highest BCUT2D eigenvalue weighted by molar-refractivity contribution is 5.93. The van der Waals surface area contributed by atoms with Crippen LogP contribution in [0.3, 0.4) is 0 Å². The lowest BCUT2D eigenvalue weighted by atomic mass is 10.1. The minimum atomic E-state index is -0.368. The summed E-state index contributed by atoms with van der Waals surface area (Å²) in [5.74, 6) is 4.05. The monoisotopic (exact) mass is 478 g/mol. The molecule has 0 aliphatic carbocycles.